The Kier molecular flexibility index (Phi) is 7.80. The molecule has 0 saturated heterocycles. The maximum atomic E-state index is 2.48. The summed E-state index contributed by atoms with van der Waals surface area (Å²) in [7, 11) is 0. The molecule has 0 aliphatic heterocycles. The zero-order valence-corrected chi connectivity index (χ0v) is 32.8. The van der Waals surface area contributed by atoms with Crippen molar-refractivity contribution in [1.29, 1.82) is 0 Å². The van der Waals surface area contributed by atoms with E-state index in [9.17, 15) is 0 Å². The van der Waals surface area contributed by atoms with Crippen molar-refractivity contribution in [2.24, 2.45) is 0 Å². The van der Waals surface area contributed by atoms with Gasteiger partial charge in [-0.05, 0) is 141 Å². The lowest BCUT2D eigenvalue weighted by Crippen LogP contribution is -2.28. The average molecular weight is 720 g/mol. The summed E-state index contributed by atoms with van der Waals surface area (Å²) in [6.45, 7) is 11.5. The molecular weight excluding hydrogens is 675 g/mol. The number of nitrogens with zero attached hydrogens (tertiary/aromatic N) is 1. The number of benzene rings is 8. The summed E-state index contributed by atoms with van der Waals surface area (Å²) in [6.07, 6.45) is 0. The molecule has 2 aliphatic rings. The fraction of sp³-hybridized carbons (Fsp3) is 0.127. The molecule has 0 heterocycles. The van der Waals surface area contributed by atoms with Gasteiger partial charge in [0.2, 0.25) is 0 Å². The maximum Gasteiger partial charge on any atom is 0.0714 e. The highest BCUT2D eigenvalue weighted by Gasteiger charge is 2.46. The Morgan fingerprint density at radius 2 is 0.946 bits per heavy atom. The monoisotopic (exact) mass is 719 g/mol. The highest BCUT2D eigenvalue weighted by molar-refractivity contribution is 5.93. The van der Waals surface area contributed by atoms with Crippen molar-refractivity contribution < 1.29 is 0 Å². The summed E-state index contributed by atoms with van der Waals surface area (Å²) in [4.78, 5) is 2.48. The second-order valence-electron chi connectivity index (χ2n) is 16.3. The van der Waals surface area contributed by atoms with Gasteiger partial charge < -0.3 is 4.90 Å². The van der Waals surface area contributed by atoms with Crippen LogP contribution in [0.5, 0.6) is 0 Å². The molecular formula is C55H45N. The Morgan fingerprint density at radius 1 is 0.375 bits per heavy atom. The standard InChI is InChI=1S/C55H45N/c1-36-17-16-23-41(33-36)56(42-28-31-49-48(34-42)53-38(3)45(30-32-51(53)54(49,4)5)44-24-13-12-18-37(44)2)43-27-29-47-46-25-14-15-26-50(46)55(52(47)35-43,39-19-8-6-9-20-39)40-21-10-7-11-22-40/h6-35H,1-5H3. The maximum absolute atomic E-state index is 2.48. The van der Waals surface area contributed by atoms with Crippen LogP contribution in [-0.2, 0) is 10.8 Å². The van der Waals surface area contributed by atoms with Crippen LogP contribution < -0.4 is 4.90 Å². The van der Waals surface area contributed by atoms with Crippen molar-refractivity contribution in [2.75, 3.05) is 4.90 Å². The molecule has 0 radical (unpaired) electrons. The Hall–Kier alpha value is -6.44. The van der Waals surface area contributed by atoms with Gasteiger partial charge in [0.25, 0.3) is 0 Å². The first-order valence-corrected chi connectivity index (χ1v) is 19.9. The lowest BCUT2D eigenvalue weighted by molar-refractivity contribution is 0.660. The first-order valence-electron chi connectivity index (χ1n) is 19.9. The molecule has 10 rings (SSSR count). The van der Waals surface area contributed by atoms with Crippen molar-refractivity contribution in [2.45, 2.75) is 45.4 Å². The minimum absolute atomic E-state index is 0.114. The second kappa shape index (κ2) is 12.8. The molecule has 0 amide bonds. The van der Waals surface area contributed by atoms with Gasteiger partial charge in [-0.2, -0.15) is 0 Å². The van der Waals surface area contributed by atoms with Gasteiger partial charge in [-0.25, -0.2) is 0 Å². The normalized spacial score (nSPS) is 14.1. The number of hydrogen-bond acceptors (Lipinski definition) is 1. The largest absolute Gasteiger partial charge is 0.310 e. The number of anilines is 3. The number of hydrogen-bond donors (Lipinski definition) is 0. The highest BCUT2D eigenvalue weighted by Crippen LogP contribution is 2.58. The summed E-state index contributed by atoms with van der Waals surface area (Å²) in [5.41, 5.74) is 22.5. The first-order chi connectivity index (χ1) is 27.3. The molecule has 1 heteroatoms. The van der Waals surface area contributed by atoms with E-state index in [1.807, 2.05) is 0 Å². The molecule has 0 saturated carbocycles. The number of rotatable bonds is 6. The fourth-order valence-corrected chi connectivity index (χ4v) is 10.1. The molecule has 270 valence electrons. The van der Waals surface area contributed by atoms with Gasteiger partial charge in [0, 0.05) is 22.5 Å². The van der Waals surface area contributed by atoms with E-state index < -0.39 is 5.41 Å². The van der Waals surface area contributed by atoms with Crippen molar-refractivity contribution in [3.05, 3.63) is 232 Å². The van der Waals surface area contributed by atoms with E-state index in [1.165, 1.54) is 83.5 Å². The van der Waals surface area contributed by atoms with Gasteiger partial charge in [0.15, 0.2) is 0 Å². The Bertz CT molecular complexity index is 2770. The minimum atomic E-state index is -0.479. The van der Waals surface area contributed by atoms with Gasteiger partial charge in [-0.1, -0.05) is 159 Å². The van der Waals surface area contributed by atoms with Crippen LogP contribution in [-0.4, -0.2) is 0 Å². The third-order valence-electron chi connectivity index (χ3n) is 12.7. The third kappa shape index (κ3) is 4.93. The Labute approximate surface area is 331 Å². The summed E-state index contributed by atoms with van der Waals surface area (Å²) in [5.74, 6) is 0. The topological polar surface area (TPSA) is 3.24 Å². The Balaban J connectivity index is 1.22. The highest BCUT2D eigenvalue weighted by atomic mass is 15.1. The molecule has 56 heavy (non-hydrogen) atoms. The van der Waals surface area contributed by atoms with Gasteiger partial charge in [0.05, 0.1) is 5.41 Å². The van der Waals surface area contributed by atoms with Crippen LogP contribution in [0.25, 0.3) is 33.4 Å². The smallest absolute Gasteiger partial charge is 0.0714 e. The summed E-state index contributed by atoms with van der Waals surface area (Å²) in [5, 5.41) is 0. The molecule has 0 atom stereocenters. The Morgan fingerprint density at radius 3 is 1.66 bits per heavy atom. The predicted octanol–water partition coefficient (Wildman–Crippen LogP) is 14.4. The summed E-state index contributed by atoms with van der Waals surface area (Å²) >= 11 is 0. The van der Waals surface area contributed by atoms with Crippen molar-refractivity contribution in [3.63, 3.8) is 0 Å². The van der Waals surface area contributed by atoms with Gasteiger partial charge in [-0.3, -0.25) is 0 Å². The van der Waals surface area contributed by atoms with Crippen LogP contribution in [0.4, 0.5) is 17.1 Å². The fourth-order valence-electron chi connectivity index (χ4n) is 10.1. The lowest BCUT2D eigenvalue weighted by atomic mass is 9.67. The van der Waals surface area contributed by atoms with Gasteiger partial charge in [0.1, 0.15) is 0 Å². The average Bonchev–Trinajstić information content (AvgIpc) is 3.65. The van der Waals surface area contributed by atoms with Crippen LogP contribution in [0.1, 0.15) is 63.9 Å². The number of fused-ring (bicyclic) bond motifs is 6. The van der Waals surface area contributed by atoms with E-state index >= 15 is 0 Å². The van der Waals surface area contributed by atoms with Crippen LogP contribution >= 0.6 is 0 Å². The molecule has 8 aromatic rings. The molecule has 0 fully saturated rings. The molecule has 0 unspecified atom stereocenters. The predicted molar refractivity (Wildman–Crippen MR) is 236 cm³/mol. The molecule has 0 N–H and O–H groups in total. The third-order valence-corrected chi connectivity index (χ3v) is 12.7. The van der Waals surface area contributed by atoms with Crippen molar-refractivity contribution in [1.82, 2.24) is 0 Å². The molecule has 0 aromatic heterocycles. The quantitative estimate of drug-likeness (QED) is 0.165. The zero-order chi connectivity index (χ0) is 38.2. The summed E-state index contributed by atoms with van der Waals surface area (Å²) in [6, 6.07) is 68.0. The van der Waals surface area contributed by atoms with Crippen molar-refractivity contribution >= 4 is 17.1 Å². The van der Waals surface area contributed by atoms with Crippen LogP contribution in [0.15, 0.2) is 182 Å². The second-order valence-corrected chi connectivity index (χ2v) is 16.3. The SMILES string of the molecule is Cc1cccc(N(c2ccc3c(c2)-c2c(ccc(-c4ccccc4C)c2C)C3(C)C)c2ccc3c(c2)C(c2ccccc2)(c2ccccc2)c2ccccc2-3)c1. The zero-order valence-electron chi connectivity index (χ0n) is 32.8. The van der Waals surface area contributed by atoms with E-state index in [4.69, 9.17) is 0 Å². The van der Waals surface area contributed by atoms with Gasteiger partial charge in [-0.15, -0.1) is 0 Å². The van der Waals surface area contributed by atoms with Gasteiger partial charge >= 0.3 is 0 Å². The number of aryl methyl sites for hydroxylation is 2. The summed E-state index contributed by atoms with van der Waals surface area (Å²) < 4.78 is 0. The van der Waals surface area contributed by atoms with E-state index in [2.05, 4.69) is 222 Å². The first kappa shape index (κ1) is 34.1. The van der Waals surface area contributed by atoms with Crippen LogP contribution in [0.2, 0.25) is 0 Å². The molecule has 0 spiro atoms. The molecule has 1 nitrogen and oxygen atoms in total. The molecule has 8 aromatic carbocycles. The minimum Gasteiger partial charge on any atom is -0.310 e. The molecule has 2 aliphatic carbocycles. The molecule has 0 bridgehead atoms. The van der Waals surface area contributed by atoms with E-state index in [-0.39, 0.29) is 5.41 Å². The van der Waals surface area contributed by atoms with Crippen LogP contribution in [0.3, 0.4) is 0 Å². The van der Waals surface area contributed by atoms with E-state index in [0.29, 0.717) is 0 Å². The van der Waals surface area contributed by atoms with E-state index in [1.54, 1.807) is 0 Å². The van der Waals surface area contributed by atoms with E-state index in [0.717, 1.165) is 17.1 Å². The lowest BCUT2D eigenvalue weighted by Gasteiger charge is -2.35. The van der Waals surface area contributed by atoms with Crippen molar-refractivity contribution in [3.8, 4) is 33.4 Å². The van der Waals surface area contributed by atoms with Crippen LogP contribution in [0, 0.1) is 20.8 Å².